The fraction of sp³-hybridized carbons (Fsp3) is 0.263. The van der Waals surface area contributed by atoms with Crippen molar-refractivity contribution in [2.75, 3.05) is 0 Å². The number of carbonyl (C=O) groups is 1. The maximum absolute atomic E-state index is 13.0. The van der Waals surface area contributed by atoms with Crippen LogP contribution in [0.25, 0.3) is 11.5 Å². The van der Waals surface area contributed by atoms with Gasteiger partial charge in [0.05, 0.1) is 22.2 Å². The zero-order valence-electron chi connectivity index (χ0n) is 14.9. The Morgan fingerprint density at radius 2 is 2.04 bits per heavy atom. The number of hydrogen-bond donors (Lipinski definition) is 0. The first-order valence-corrected chi connectivity index (χ1v) is 9.31. The third-order valence-corrected chi connectivity index (χ3v) is 5.52. The topological polar surface area (TPSA) is 63.9 Å². The van der Waals surface area contributed by atoms with Gasteiger partial charge >= 0.3 is 0 Å². The molecule has 0 saturated carbocycles. The Morgan fingerprint density at radius 1 is 1.22 bits per heavy atom. The van der Waals surface area contributed by atoms with E-state index in [4.69, 9.17) is 23.2 Å². The second kappa shape index (κ2) is 6.94. The lowest BCUT2D eigenvalue weighted by Gasteiger charge is -2.34. The highest BCUT2D eigenvalue weighted by atomic mass is 35.5. The van der Waals surface area contributed by atoms with Gasteiger partial charge < -0.3 is 9.47 Å². The van der Waals surface area contributed by atoms with Crippen molar-refractivity contribution in [2.45, 2.75) is 33.0 Å². The molecule has 6 nitrogen and oxygen atoms in total. The monoisotopic (exact) mass is 401 g/mol. The van der Waals surface area contributed by atoms with Crippen molar-refractivity contribution >= 4 is 29.1 Å². The van der Waals surface area contributed by atoms with E-state index in [0.717, 1.165) is 17.1 Å². The van der Waals surface area contributed by atoms with Crippen molar-refractivity contribution in [1.29, 1.82) is 0 Å². The summed E-state index contributed by atoms with van der Waals surface area (Å²) in [6.07, 6.45) is 1.76. The molecule has 4 rings (SSSR count). The number of aryl methyl sites for hydroxylation is 1. The number of halogens is 2. The Morgan fingerprint density at radius 3 is 2.81 bits per heavy atom. The molecule has 0 aliphatic carbocycles. The summed E-state index contributed by atoms with van der Waals surface area (Å²) < 4.78 is 2.02. The Kier molecular flexibility index (Phi) is 4.61. The molecule has 3 aromatic rings. The molecule has 1 amide bonds. The maximum Gasteiger partial charge on any atom is 0.256 e. The van der Waals surface area contributed by atoms with Crippen LogP contribution in [0.3, 0.4) is 0 Å². The summed E-state index contributed by atoms with van der Waals surface area (Å²) in [5.74, 6) is 1.27. The molecule has 0 unspecified atom stereocenters. The predicted octanol–water partition coefficient (Wildman–Crippen LogP) is 4.00. The average Bonchev–Trinajstić information content (AvgIpc) is 3.05. The summed E-state index contributed by atoms with van der Waals surface area (Å²) in [6.45, 7) is 4.93. The van der Waals surface area contributed by atoms with Crippen LogP contribution in [-0.2, 0) is 13.1 Å². The third-order valence-electron chi connectivity index (χ3n) is 4.71. The maximum atomic E-state index is 13.0. The number of pyridine rings is 1. The van der Waals surface area contributed by atoms with Gasteiger partial charge in [-0.1, -0.05) is 29.3 Å². The number of benzene rings is 1. The molecule has 0 fully saturated rings. The Balaban J connectivity index is 1.67. The molecule has 0 saturated heterocycles. The van der Waals surface area contributed by atoms with Crippen molar-refractivity contribution in [1.82, 2.24) is 24.6 Å². The first-order valence-electron chi connectivity index (χ1n) is 8.56. The smallest absolute Gasteiger partial charge is 0.256 e. The van der Waals surface area contributed by atoms with Gasteiger partial charge in [-0.2, -0.15) is 0 Å². The molecular formula is C19H17Cl2N5O. The van der Waals surface area contributed by atoms with Gasteiger partial charge in [-0.15, -0.1) is 10.2 Å². The predicted molar refractivity (Wildman–Crippen MR) is 104 cm³/mol. The quantitative estimate of drug-likeness (QED) is 0.650. The van der Waals surface area contributed by atoms with E-state index in [1.54, 1.807) is 29.3 Å². The minimum atomic E-state index is -0.167. The van der Waals surface area contributed by atoms with E-state index in [1.807, 2.05) is 30.5 Å². The van der Waals surface area contributed by atoms with Crippen molar-refractivity contribution < 1.29 is 4.79 Å². The van der Waals surface area contributed by atoms with Crippen molar-refractivity contribution in [3.05, 3.63) is 63.5 Å². The highest BCUT2D eigenvalue weighted by Crippen LogP contribution is 2.29. The standard InChI is InChI=1S/C19H17Cl2N5O/c1-11-6-7-22-15(8-11)18-24-23-16-10-25(12(2)9-26(16)18)19(27)13-4-3-5-14(20)17(13)21/h3-8,12H,9-10H2,1-2H3/t12-/m0/s1. The first-order chi connectivity index (χ1) is 13.0. The van der Waals surface area contributed by atoms with Gasteiger partial charge in [-0.25, -0.2) is 0 Å². The molecule has 8 heteroatoms. The highest BCUT2D eigenvalue weighted by Gasteiger charge is 2.32. The molecule has 27 heavy (non-hydrogen) atoms. The van der Waals surface area contributed by atoms with Crippen molar-refractivity contribution in [2.24, 2.45) is 0 Å². The van der Waals surface area contributed by atoms with Crippen LogP contribution in [0.1, 0.15) is 28.7 Å². The number of hydrogen-bond acceptors (Lipinski definition) is 4. The lowest BCUT2D eigenvalue weighted by Crippen LogP contribution is -2.45. The van der Waals surface area contributed by atoms with Gasteiger partial charge in [-0.05, 0) is 43.7 Å². The third kappa shape index (κ3) is 3.19. The lowest BCUT2D eigenvalue weighted by molar-refractivity contribution is 0.0612. The van der Waals surface area contributed by atoms with Gasteiger partial charge in [0.15, 0.2) is 11.6 Å². The van der Waals surface area contributed by atoms with E-state index in [0.29, 0.717) is 29.5 Å². The summed E-state index contributed by atoms with van der Waals surface area (Å²) in [5, 5.41) is 9.23. The fourth-order valence-corrected chi connectivity index (χ4v) is 3.64. The van der Waals surface area contributed by atoms with E-state index in [-0.39, 0.29) is 17.0 Å². The molecule has 1 aliphatic rings. The van der Waals surface area contributed by atoms with Crippen molar-refractivity contribution in [3.63, 3.8) is 0 Å². The first kappa shape index (κ1) is 17.9. The molecule has 0 radical (unpaired) electrons. The summed E-state index contributed by atoms with van der Waals surface area (Å²) in [5.41, 5.74) is 2.27. The molecular weight excluding hydrogens is 385 g/mol. The Hall–Kier alpha value is -2.44. The largest absolute Gasteiger partial charge is 0.327 e. The van der Waals surface area contributed by atoms with Crippen LogP contribution < -0.4 is 0 Å². The lowest BCUT2D eigenvalue weighted by atomic mass is 10.1. The number of carbonyl (C=O) groups excluding carboxylic acids is 1. The number of fused-ring (bicyclic) bond motifs is 1. The van der Waals surface area contributed by atoms with E-state index in [9.17, 15) is 4.79 Å². The normalized spacial score (nSPS) is 16.3. The average molecular weight is 402 g/mol. The fourth-order valence-electron chi connectivity index (χ4n) is 3.26. The number of aromatic nitrogens is 4. The van der Waals surface area contributed by atoms with Gasteiger partial charge in [0.2, 0.25) is 0 Å². The molecule has 1 atom stereocenters. The summed E-state index contributed by atoms with van der Waals surface area (Å²) >= 11 is 12.3. The van der Waals surface area contributed by atoms with Crippen LogP contribution in [0.15, 0.2) is 36.5 Å². The number of rotatable bonds is 2. The van der Waals surface area contributed by atoms with Gasteiger partial charge in [0.1, 0.15) is 5.69 Å². The van der Waals surface area contributed by atoms with Crippen LogP contribution in [0.4, 0.5) is 0 Å². The van der Waals surface area contributed by atoms with Gasteiger partial charge in [-0.3, -0.25) is 9.78 Å². The minimum absolute atomic E-state index is 0.0559. The zero-order valence-corrected chi connectivity index (χ0v) is 16.4. The molecule has 0 N–H and O–H groups in total. The number of amides is 1. The second-order valence-electron chi connectivity index (χ2n) is 6.65. The van der Waals surface area contributed by atoms with E-state index >= 15 is 0 Å². The molecule has 1 aliphatic heterocycles. The SMILES string of the molecule is Cc1ccnc(-c2nnc3n2C[C@H](C)N(C(=O)c2cccc(Cl)c2Cl)C3)c1. The summed E-state index contributed by atoms with van der Waals surface area (Å²) in [4.78, 5) is 19.2. The molecule has 2 aromatic heterocycles. The Labute approximate surface area is 166 Å². The van der Waals surface area contributed by atoms with Crippen LogP contribution in [0, 0.1) is 6.92 Å². The van der Waals surface area contributed by atoms with Crippen LogP contribution in [0.5, 0.6) is 0 Å². The van der Waals surface area contributed by atoms with Gasteiger partial charge in [0.25, 0.3) is 5.91 Å². The van der Waals surface area contributed by atoms with Crippen LogP contribution in [0.2, 0.25) is 10.0 Å². The zero-order chi connectivity index (χ0) is 19.1. The van der Waals surface area contributed by atoms with Crippen molar-refractivity contribution in [3.8, 4) is 11.5 Å². The summed E-state index contributed by atoms with van der Waals surface area (Å²) in [7, 11) is 0. The van der Waals surface area contributed by atoms with E-state index in [2.05, 4.69) is 15.2 Å². The molecule has 1 aromatic carbocycles. The molecule has 3 heterocycles. The highest BCUT2D eigenvalue weighted by molar-refractivity contribution is 6.43. The summed E-state index contributed by atoms with van der Waals surface area (Å²) in [6, 6.07) is 8.93. The molecule has 138 valence electrons. The van der Waals surface area contributed by atoms with Gasteiger partial charge in [0, 0.05) is 18.8 Å². The van der Waals surface area contributed by atoms with Crippen LogP contribution in [-0.4, -0.2) is 36.6 Å². The van der Waals surface area contributed by atoms with E-state index < -0.39 is 0 Å². The second-order valence-corrected chi connectivity index (χ2v) is 7.44. The van der Waals surface area contributed by atoms with Crippen LogP contribution >= 0.6 is 23.2 Å². The molecule has 0 bridgehead atoms. The Bertz CT molecular complexity index is 1030. The molecule has 0 spiro atoms. The minimum Gasteiger partial charge on any atom is -0.327 e. The van der Waals surface area contributed by atoms with E-state index in [1.165, 1.54) is 0 Å². The number of nitrogens with zero attached hydrogens (tertiary/aromatic N) is 5.